The lowest BCUT2D eigenvalue weighted by molar-refractivity contribution is 0.0987. The number of Topliss-reactive ketones (excluding diaryl/α,β-unsaturated/α-hetero) is 1. The van der Waals surface area contributed by atoms with E-state index in [1.54, 1.807) is 12.1 Å². The highest BCUT2D eigenvalue weighted by atomic mass is 35.5. The van der Waals surface area contributed by atoms with E-state index in [2.05, 4.69) is 58.7 Å². The molecule has 0 amide bonds. The first-order valence-electron chi connectivity index (χ1n) is 13.4. The molecule has 0 bridgehead atoms. The van der Waals surface area contributed by atoms with E-state index in [-0.39, 0.29) is 17.3 Å². The van der Waals surface area contributed by atoms with Crippen LogP contribution in [0.3, 0.4) is 0 Å². The van der Waals surface area contributed by atoms with Crippen LogP contribution in [0.5, 0.6) is 5.75 Å². The third-order valence-electron chi connectivity index (χ3n) is 7.24. The fraction of sp³-hybridized carbons (Fsp3) is 0.552. The molecule has 3 heterocycles. The van der Waals surface area contributed by atoms with Crippen molar-refractivity contribution < 1.29 is 9.53 Å². The van der Waals surface area contributed by atoms with Crippen LogP contribution in [0.25, 0.3) is 0 Å². The Labute approximate surface area is 221 Å². The molecule has 0 radical (unpaired) electrons. The minimum Gasteiger partial charge on any atom is -0.490 e. The van der Waals surface area contributed by atoms with Crippen molar-refractivity contribution in [3.8, 4) is 5.75 Å². The molecule has 7 heteroatoms. The molecular weight excluding hydrogens is 472 g/mol. The number of halogens is 1. The van der Waals surface area contributed by atoms with Crippen molar-refractivity contribution in [2.75, 3.05) is 18.0 Å². The molecule has 1 aromatic heterocycles. The zero-order valence-corrected chi connectivity index (χ0v) is 23.4. The Morgan fingerprint density at radius 2 is 1.92 bits per heavy atom. The molecule has 36 heavy (non-hydrogen) atoms. The summed E-state index contributed by atoms with van der Waals surface area (Å²) in [5, 5.41) is 9.71. The van der Waals surface area contributed by atoms with Gasteiger partial charge in [0.1, 0.15) is 17.7 Å². The maximum atomic E-state index is 12.1. The smallest absolute Gasteiger partial charge is 0.227 e. The molecule has 196 valence electrons. The molecule has 0 spiro atoms. The van der Waals surface area contributed by atoms with Gasteiger partial charge in [-0.05, 0) is 44.9 Å². The number of benzene rings is 1. The van der Waals surface area contributed by atoms with Gasteiger partial charge in [-0.25, -0.2) is 0 Å². The Morgan fingerprint density at radius 1 is 1.19 bits per heavy atom. The van der Waals surface area contributed by atoms with E-state index >= 15 is 0 Å². The molecule has 0 aliphatic carbocycles. The fourth-order valence-electron chi connectivity index (χ4n) is 4.84. The van der Waals surface area contributed by atoms with Crippen LogP contribution in [0.2, 0.25) is 5.02 Å². The summed E-state index contributed by atoms with van der Waals surface area (Å²) in [6.07, 6.45) is 10.9. The highest BCUT2D eigenvalue weighted by Crippen LogP contribution is 2.41. The molecule has 2 aliphatic rings. The summed E-state index contributed by atoms with van der Waals surface area (Å²) < 4.78 is 8.52. The number of aromatic nitrogens is 3. The first kappa shape index (κ1) is 28.0. The maximum Gasteiger partial charge on any atom is 0.227 e. The van der Waals surface area contributed by atoms with Gasteiger partial charge in [0.05, 0.1) is 10.4 Å². The Bertz CT molecular complexity index is 1100. The quantitative estimate of drug-likeness (QED) is 0.277. The number of ether oxygens (including phenoxy) is 1. The fourth-order valence-corrected chi connectivity index (χ4v) is 5.07. The number of fused-ring (bicyclic) bond motifs is 1. The van der Waals surface area contributed by atoms with Gasteiger partial charge in [0.2, 0.25) is 5.95 Å². The van der Waals surface area contributed by atoms with Crippen LogP contribution in [0.15, 0.2) is 42.0 Å². The monoisotopic (exact) mass is 512 g/mol. The molecule has 0 saturated carbocycles. The summed E-state index contributed by atoms with van der Waals surface area (Å²) in [7, 11) is 0. The highest BCUT2D eigenvalue weighted by molar-refractivity contribution is 6.34. The number of carbonyl (C=O) groups is 1. The first-order valence-corrected chi connectivity index (χ1v) is 13.8. The molecule has 6 nitrogen and oxygen atoms in total. The van der Waals surface area contributed by atoms with Crippen LogP contribution in [0.4, 0.5) is 5.95 Å². The molecule has 1 unspecified atom stereocenters. The van der Waals surface area contributed by atoms with Crippen molar-refractivity contribution in [1.29, 1.82) is 0 Å². The Kier molecular flexibility index (Phi) is 9.77. The van der Waals surface area contributed by atoms with E-state index in [4.69, 9.17) is 16.3 Å². The van der Waals surface area contributed by atoms with Gasteiger partial charge in [-0.2, -0.15) is 0 Å². The number of carbonyl (C=O) groups excluding carboxylic acids is 1. The molecule has 1 aromatic carbocycles. The number of hydrogen-bond donors (Lipinski definition) is 0. The SMILES string of the molecule is CC.CC/C=C\C=C(/C)C1(C)CCn2c(N3CCC(Oc4ccc(Cl)c(C(=O)CC)c4)CC3)nnc21. The predicted octanol–water partition coefficient (Wildman–Crippen LogP) is 7.17. The van der Waals surface area contributed by atoms with Crippen molar-refractivity contribution >= 4 is 23.3 Å². The van der Waals surface area contributed by atoms with E-state index in [1.807, 2.05) is 26.8 Å². The lowest BCUT2D eigenvalue weighted by atomic mass is 9.81. The van der Waals surface area contributed by atoms with Gasteiger partial charge >= 0.3 is 0 Å². The summed E-state index contributed by atoms with van der Waals surface area (Å²) in [5.74, 6) is 2.77. The van der Waals surface area contributed by atoms with Crippen LogP contribution in [0, 0.1) is 0 Å². The summed E-state index contributed by atoms with van der Waals surface area (Å²) in [4.78, 5) is 14.5. The van der Waals surface area contributed by atoms with Crippen molar-refractivity contribution in [2.24, 2.45) is 0 Å². The summed E-state index contributed by atoms with van der Waals surface area (Å²) >= 11 is 6.20. The van der Waals surface area contributed by atoms with Crippen molar-refractivity contribution in [2.45, 2.75) is 91.7 Å². The number of hydrogen-bond acceptors (Lipinski definition) is 5. The van der Waals surface area contributed by atoms with E-state index in [1.165, 1.54) is 5.57 Å². The molecule has 2 aromatic rings. The topological polar surface area (TPSA) is 60.2 Å². The molecule has 4 rings (SSSR count). The van der Waals surface area contributed by atoms with Crippen LogP contribution in [-0.2, 0) is 12.0 Å². The molecule has 1 saturated heterocycles. The van der Waals surface area contributed by atoms with Gasteiger partial charge in [-0.1, -0.05) is 63.1 Å². The second kappa shape index (κ2) is 12.6. The zero-order valence-electron chi connectivity index (χ0n) is 22.7. The van der Waals surface area contributed by atoms with Gasteiger partial charge in [0.15, 0.2) is 5.78 Å². The number of rotatable bonds is 8. The summed E-state index contributed by atoms with van der Waals surface area (Å²) in [5.41, 5.74) is 1.79. The van der Waals surface area contributed by atoms with Gasteiger partial charge in [0.25, 0.3) is 0 Å². The van der Waals surface area contributed by atoms with Crippen LogP contribution >= 0.6 is 11.6 Å². The predicted molar refractivity (Wildman–Crippen MR) is 148 cm³/mol. The normalized spacial score (nSPS) is 20.3. The Morgan fingerprint density at radius 3 is 2.58 bits per heavy atom. The average Bonchev–Trinajstić information content (AvgIpc) is 3.48. The second-order valence-electron chi connectivity index (χ2n) is 9.47. The minimum absolute atomic E-state index is 0.0319. The minimum atomic E-state index is -0.0764. The third kappa shape index (κ3) is 5.86. The number of piperidine rings is 1. The summed E-state index contributed by atoms with van der Waals surface area (Å²) in [6, 6.07) is 5.37. The van der Waals surface area contributed by atoms with Crippen molar-refractivity contribution in [1.82, 2.24) is 14.8 Å². The zero-order chi connectivity index (χ0) is 26.3. The van der Waals surface area contributed by atoms with E-state index in [0.717, 1.165) is 57.1 Å². The van der Waals surface area contributed by atoms with Crippen molar-refractivity contribution in [3.63, 3.8) is 0 Å². The summed E-state index contributed by atoms with van der Waals surface area (Å²) in [6.45, 7) is 15.1. The van der Waals surface area contributed by atoms with Gasteiger partial charge in [0, 0.05) is 44.5 Å². The molecule has 1 fully saturated rings. The van der Waals surface area contributed by atoms with Gasteiger partial charge < -0.3 is 9.64 Å². The van der Waals surface area contributed by atoms with Gasteiger partial charge in [-0.15, -0.1) is 10.2 Å². The maximum absolute atomic E-state index is 12.1. The number of ketones is 1. The number of nitrogens with zero attached hydrogens (tertiary/aromatic N) is 4. The lowest BCUT2D eigenvalue weighted by Crippen LogP contribution is -2.39. The molecular formula is C29H41ClN4O2. The Hall–Kier alpha value is -2.60. The number of allylic oxidation sites excluding steroid dienone is 4. The molecule has 0 N–H and O–H groups in total. The largest absolute Gasteiger partial charge is 0.490 e. The first-order chi connectivity index (χ1) is 17.4. The second-order valence-corrected chi connectivity index (χ2v) is 9.87. The van der Waals surface area contributed by atoms with E-state index < -0.39 is 0 Å². The molecule has 1 atom stereocenters. The van der Waals surface area contributed by atoms with E-state index in [9.17, 15) is 4.79 Å². The van der Waals surface area contributed by atoms with Crippen molar-refractivity contribution in [3.05, 3.63) is 58.4 Å². The molecule has 2 aliphatic heterocycles. The van der Waals surface area contributed by atoms with Crippen LogP contribution in [-0.4, -0.2) is 39.7 Å². The van der Waals surface area contributed by atoms with E-state index in [0.29, 0.717) is 22.8 Å². The average molecular weight is 513 g/mol. The van der Waals surface area contributed by atoms with Crippen LogP contribution < -0.4 is 9.64 Å². The van der Waals surface area contributed by atoms with Crippen LogP contribution in [0.1, 0.15) is 89.8 Å². The number of anilines is 1. The highest BCUT2D eigenvalue weighted by Gasteiger charge is 2.41. The Balaban J connectivity index is 0.00000176. The van der Waals surface area contributed by atoms with Gasteiger partial charge in [-0.3, -0.25) is 9.36 Å². The standard InChI is InChI=1S/C27H35ClN4O2.C2H6/c1-5-7-8-9-19(3)27(4)14-17-32-25(27)29-30-26(32)31-15-12-20(13-16-31)34-21-10-11-23(28)22(18-21)24(33)6-2;1-2/h7-11,18,20H,5-6,12-17H2,1-4H3;1-2H3/b8-7-,19-9+;. The lowest BCUT2D eigenvalue weighted by Gasteiger charge is -2.32. The third-order valence-corrected chi connectivity index (χ3v) is 7.57.